The molecule has 6 rings (SSSR count). The minimum absolute atomic E-state index is 0.0162. The summed E-state index contributed by atoms with van der Waals surface area (Å²) in [7, 11) is -0.785. The highest BCUT2D eigenvalue weighted by molar-refractivity contribution is 7.91. The third kappa shape index (κ3) is 7.56. The standard InChI is InChI=1S/C36H46ClN7O7S/c1-22(2)25-13-18-44(41-25)29-20-28(24-11-12-27(50-5)30(37)31(24)39-29)51-19-14-26-32(45)40-36(33(46)42-52(48,49)35(3)15-16-35)21-23(36)10-8-6-7-9-17-43(4)34(47)38-26/h8,10-13,18,20,22-23,26H,6-7,9,14-17,19,21H2,1-5H3,(H,38,47)(H,40,45)(H,42,46)/b10-8-/t23-,26+,36?/m1/s1. The highest BCUT2D eigenvalue weighted by atomic mass is 35.5. The zero-order valence-corrected chi connectivity index (χ0v) is 31.6. The molecule has 0 spiro atoms. The van der Waals surface area contributed by atoms with Gasteiger partial charge in [-0.05, 0) is 69.6 Å². The lowest BCUT2D eigenvalue weighted by Gasteiger charge is -2.26. The summed E-state index contributed by atoms with van der Waals surface area (Å²) in [4.78, 5) is 47.2. The lowest BCUT2D eigenvalue weighted by molar-refractivity contribution is -0.130. The van der Waals surface area contributed by atoms with E-state index >= 15 is 0 Å². The first kappa shape index (κ1) is 37.4. The van der Waals surface area contributed by atoms with E-state index in [1.54, 1.807) is 43.0 Å². The zero-order valence-electron chi connectivity index (χ0n) is 30.1. The molecule has 2 aromatic heterocycles. The molecule has 0 saturated heterocycles. The van der Waals surface area contributed by atoms with Gasteiger partial charge in [-0.1, -0.05) is 37.6 Å². The Morgan fingerprint density at radius 3 is 2.63 bits per heavy atom. The van der Waals surface area contributed by atoms with Crippen LogP contribution in [0.5, 0.6) is 11.5 Å². The lowest BCUT2D eigenvalue weighted by atomic mass is 10.1. The molecule has 4 amide bonds. The van der Waals surface area contributed by atoms with E-state index in [1.807, 2.05) is 32.1 Å². The van der Waals surface area contributed by atoms with Gasteiger partial charge in [0.1, 0.15) is 28.1 Å². The number of carbonyl (C=O) groups excluding carboxylic acids is 3. The molecule has 52 heavy (non-hydrogen) atoms. The number of nitrogens with zero attached hydrogens (tertiary/aromatic N) is 4. The number of carbonyl (C=O) groups is 3. The number of fused-ring (bicyclic) bond motifs is 2. The Morgan fingerprint density at radius 2 is 1.94 bits per heavy atom. The number of hydrogen-bond donors (Lipinski definition) is 3. The number of benzene rings is 1. The van der Waals surface area contributed by atoms with Crippen LogP contribution in [0.2, 0.25) is 5.02 Å². The maximum Gasteiger partial charge on any atom is 0.317 e. The molecule has 16 heteroatoms. The van der Waals surface area contributed by atoms with Crippen LogP contribution in [0, 0.1) is 5.92 Å². The molecule has 3 heterocycles. The minimum Gasteiger partial charge on any atom is -0.495 e. The van der Waals surface area contributed by atoms with Crippen molar-refractivity contribution in [1.82, 2.24) is 35.0 Å². The predicted octanol–water partition coefficient (Wildman–Crippen LogP) is 4.60. The number of allylic oxidation sites excluding steroid dienone is 1. The van der Waals surface area contributed by atoms with Gasteiger partial charge in [-0.15, -0.1) is 0 Å². The van der Waals surface area contributed by atoms with Gasteiger partial charge in [0.15, 0.2) is 5.82 Å². The van der Waals surface area contributed by atoms with E-state index < -0.39 is 50.1 Å². The number of aromatic nitrogens is 3. The van der Waals surface area contributed by atoms with Crippen molar-refractivity contribution in [2.75, 3.05) is 27.3 Å². The molecule has 2 aliphatic carbocycles. The Kier molecular flexibility index (Phi) is 10.5. The molecular weight excluding hydrogens is 710 g/mol. The molecule has 280 valence electrons. The second-order valence-corrected chi connectivity index (χ2v) is 17.0. The van der Waals surface area contributed by atoms with Crippen LogP contribution in [0.25, 0.3) is 16.7 Å². The number of pyridine rings is 1. The van der Waals surface area contributed by atoms with E-state index in [2.05, 4.69) is 20.5 Å². The molecule has 3 aliphatic rings. The number of halogens is 1. The van der Waals surface area contributed by atoms with Gasteiger partial charge in [0.25, 0.3) is 5.91 Å². The number of rotatable bonds is 10. The molecular formula is C36H46ClN7O7S. The largest absolute Gasteiger partial charge is 0.495 e. The average Bonchev–Trinajstić information content (AvgIpc) is 3.96. The van der Waals surface area contributed by atoms with Crippen molar-refractivity contribution < 1.29 is 32.3 Å². The highest BCUT2D eigenvalue weighted by Gasteiger charge is 2.62. The summed E-state index contributed by atoms with van der Waals surface area (Å²) >= 11 is 6.71. The first-order chi connectivity index (χ1) is 24.7. The van der Waals surface area contributed by atoms with Gasteiger partial charge in [-0.25, -0.2) is 22.9 Å². The number of hydrogen-bond acceptors (Lipinski definition) is 9. The maximum absolute atomic E-state index is 14.0. The van der Waals surface area contributed by atoms with Crippen LogP contribution in [0.4, 0.5) is 4.79 Å². The number of amides is 4. The van der Waals surface area contributed by atoms with Crippen molar-refractivity contribution in [3.8, 4) is 17.3 Å². The van der Waals surface area contributed by atoms with Crippen LogP contribution in [-0.4, -0.2) is 89.6 Å². The monoisotopic (exact) mass is 755 g/mol. The molecule has 0 bridgehead atoms. The third-order valence-electron chi connectivity index (χ3n) is 10.2. The van der Waals surface area contributed by atoms with E-state index in [4.69, 9.17) is 26.1 Å². The number of sulfonamides is 1. The molecule has 0 radical (unpaired) electrons. The van der Waals surface area contributed by atoms with Crippen LogP contribution in [0.15, 0.2) is 42.6 Å². The van der Waals surface area contributed by atoms with Crippen LogP contribution in [-0.2, 0) is 19.6 Å². The topological polar surface area (TPSA) is 174 Å². The predicted molar refractivity (Wildman–Crippen MR) is 196 cm³/mol. The highest BCUT2D eigenvalue weighted by Crippen LogP contribution is 2.47. The van der Waals surface area contributed by atoms with E-state index in [-0.39, 0.29) is 30.4 Å². The van der Waals surface area contributed by atoms with E-state index in [0.29, 0.717) is 47.6 Å². The molecule has 3 atom stereocenters. The van der Waals surface area contributed by atoms with Crippen molar-refractivity contribution >= 4 is 50.4 Å². The van der Waals surface area contributed by atoms with Crippen molar-refractivity contribution in [3.05, 3.63) is 53.3 Å². The van der Waals surface area contributed by atoms with E-state index in [1.165, 1.54) is 12.0 Å². The number of methoxy groups -OCH3 is 1. The second kappa shape index (κ2) is 14.6. The molecule has 2 saturated carbocycles. The zero-order chi connectivity index (χ0) is 37.4. The molecule has 3 N–H and O–H groups in total. The molecule has 1 aromatic carbocycles. The van der Waals surface area contributed by atoms with Gasteiger partial charge in [0.05, 0.1) is 29.7 Å². The smallest absolute Gasteiger partial charge is 0.317 e. The third-order valence-corrected chi connectivity index (χ3v) is 12.7. The first-order valence-electron chi connectivity index (χ1n) is 17.6. The summed E-state index contributed by atoms with van der Waals surface area (Å²) in [6, 6.07) is 5.53. The summed E-state index contributed by atoms with van der Waals surface area (Å²) < 4.78 is 40.7. The SMILES string of the molecule is COc1ccc2c(OCC[C@@H]3NC(=O)N(C)CCCC/C=C\[C@@H]4CC4(C(=O)NS(=O)(=O)C4(C)CC4)NC3=O)cc(-n3ccc(C(C)C)n3)nc2c1Cl. The molecule has 1 unspecified atom stereocenters. The number of ether oxygens (including phenoxy) is 2. The number of nitrogens with one attached hydrogen (secondary N) is 3. The number of urea groups is 1. The van der Waals surface area contributed by atoms with Gasteiger partial charge < -0.3 is 25.0 Å². The van der Waals surface area contributed by atoms with Crippen molar-refractivity contribution in [2.45, 2.75) is 88.0 Å². The van der Waals surface area contributed by atoms with Crippen LogP contribution in [0.3, 0.4) is 0 Å². The van der Waals surface area contributed by atoms with Gasteiger partial charge in [0, 0.05) is 43.6 Å². The summed E-state index contributed by atoms with van der Waals surface area (Å²) in [5, 5.41) is 11.2. The summed E-state index contributed by atoms with van der Waals surface area (Å²) in [6.45, 7) is 6.13. The second-order valence-electron chi connectivity index (χ2n) is 14.4. The van der Waals surface area contributed by atoms with Gasteiger partial charge in [-0.3, -0.25) is 14.3 Å². The van der Waals surface area contributed by atoms with Crippen molar-refractivity contribution in [3.63, 3.8) is 0 Å². The van der Waals surface area contributed by atoms with Crippen LogP contribution < -0.4 is 24.8 Å². The summed E-state index contributed by atoms with van der Waals surface area (Å²) in [6.07, 6.45) is 9.03. The lowest BCUT2D eigenvalue weighted by Crippen LogP contribution is -2.58. The molecule has 14 nitrogen and oxygen atoms in total. The van der Waals surface area contributed by atoms with Crippen molar-refractivity contribution in [1.29, 1.82) is 0 Å². The quantitative estimate of drug-likeness (QED) is 0.250. The Hall–Kier alpha value is -4.37. The molecule has 3 aromatic rings. The Bertz CT molecular complexity index is 2010. The van der Waals surface area contributed by atoms with Gasteiger partial charge >= 0.3 is 6.03 Å². The maximum atomic E-state index is 14.0. The molecule has 1 aliphatic heterocycles. The fourth-order valence-corrected chi connectivity index (χ4v) is 7.82. The fourth-order valence-electron chi connectivity index (χ4n) is 6.22. The van der Waals surface area contributed by atoms with E-state index in [0.717, 1.165) is 25.0 Å². The fraction of sp³-hybridized carbons (Fsp3) is 0.528. The summed E-state index contributed by atoms with van der Waals surface area (Å²) in [5.74, 6) is -0.325. The normalized spacial score (nSPS) is 23.9. The molecule has 2 fully saturated rings. The Balaban J connectivity index is 1.27. The van der Waals surface area contributed by atoms with Gasteiger partial charge in [-0.2, -0.15) is 5.10 Å². The summed E-state index contributed by atoms with van der Waals surface area (Å²) in [5.41, 5.74) is -0.173. The minimum atomic E-state index is -3.95. The average molecular weight is 756 g/mol. The Morgan fingerprint density at radius 1 is 1.17 bits per heavy atom. The van der Waals surface area contributed by atoms with Crippen molar-refractivity contribution in [2.24, 2.45) is 5.92 Å². The Labute approximate surface area is 308 Å². The van der Waals surface area contributed by atoms with Gasteiger partial charge in [0.2, 0.25) is 15.9 Å². The van der Waals surface area contributed by atoms with Crippen LogP contribution >= 0.6 is 11.6 Å². The van der Waals surface area contributed by atoms with E-state index in [9.17, 15) is 22.8 Å². The van der Waals surface area contributed by atoms with Crippen LogP contribution in [0.1, 0.15) is 77.3 Å². The first-order valence-corrected chi connectivity index (χ1v) is 19.5.